The minimum atomic E-state index is -0.448. The number of hydrogen-bond acceptors (Lipinski definition) is 4. The molecule has 0 aliphatic heterocycles. The fourth-order valence-corrected chi connectivity index (χ4v) is 1.76. The smallest absolute Gasteiger partial charge is 0.344 e. The first-order valence-electron chi connectivity index (χ1n) is 4.30. The molecule has 78 valence electrons. The van der Waals surface area contributed by atoms with Gasteiger partial charge in [0.2, 0.25) is 0 Å². The van der Waals surface area contributed by atoms with Crippen molar-refractivity contribution in [3.63, 3.8) is 0 Å². The van der Waals surface area contributed by atoms with Gasteiger partial charge in [-0.15, -0.1) is 0 Å². The minimum absolute atomic E-state index is 0.192. The Morgan fingerprint density at radius 1 is 1.64 bits per heavy atom. The first-order valence-corrected chi connectivity index (χ1v) is 5.10. The van der Waals surface area contributed by atoms with E-state index < -0.39 is 5.97 Å². The Hall–Kier alpha value is -1.04. The van der Waals surface area contributed by atoms with Crippen molar-refractivity contribution < 1.29 is 9.53 Å². The highest BCUT2D eigenvalue weighted by molar-refractivity contribution is 9.10. The lowest BCUT2D eigenvalue weighted by Gasteiger charge is -2.00. The van der Waals surface area contributed by atoms with Crippen molar-refractivity contribution in [2.45, 2.75) is 20.4 Å². The number of nitrogens with zero attached hydrogens (tertiary/aromatic N) is 2. The summed E-state index contributed by atoms with van der Waals surface area (Å²) >= 11 is 3.25. The monoisotopic (exact) mass is 261 g/mol. The predicted molar refractivity (Wildman–Crippen MR) is 56.0 cm³/mol. The molecule has 1 heterocycles. The number of nitrogens with two attached hydrogens (primary N) is 1. The summed E-state index contributed by atoms with van der Waals surface area (Å²) in [6, 6.07) is 0. The molecule has 1 rings (SSSR count). The molecule has 0 aromatic carbocycles. The van der Waals surface area contributed by atoms with Crippen molar-refractivity contribution in [3.05, 3.63) is 10.2 Å². The van der Waals surface area contributed by atoms with Crippen molar-refractivity contribution in [3.8, 4) is 0 Å². The van der Waals surface area contributed by atoms with Crippen molar-refractivity contribution in [1.29, 1.82) is 0 Å². The average Bonchev–Trinajstić information content (AvgIpc) is 2.41. The van der Waals surface area contributed by atoms with E-state index in [1.807, 2.05) is 6.92 Å². The predicted octanol–water partition coefficient (Wildman–Crippen LogP) is 1.42. The molecule has 1 aromatic heterocycles. The fraction of sp³-hybridized carbons (Fsp3) is 0.500. The molecule has 0 saturated carbocycles. The van der Waals surface area contributed by atoms with E-state index in [2.05, 4.69) is 21.0 Å². The number of halogens is 1. The van der Waals surface area contributed by atoms with Gasteiger partial charge < -0.3 is 10.5 Å². The summed E-state index contributed by atoms with van der Waals surface area (Å²) in [6.07, 6.45) is 0. The molecule has 0 fully saturated rings. The lowest BCUT2D eigenvalue weighted by atomic mass is 10.3. The zero-order chi connectivity index (χ0) is 10.7. The summed E-state index contributed by atoms with van der Waals surface area (Å²) in [5.74, 6) is -0.256. The van der Waals surface area contributed by atoms with Gasteiger partial charge in [0.25, 0.3) is 0 Å². The largest absolute Gasteiger partial charge is 0.462 e. The number of carbonyl (C=O) groups excluding carboxylic acids is 1. The molecule has 0 spiro atoms. The van der Waals surface area contributed by atoms with E-state index >= 15 is 0 Å². The second-order valence-electron chi connectivity index (χ2n) is 2.59. The molecule has 5 nitrogen and oxygen atoms in total. The van der Waals surface area contributed by atoms with E-state index in [9.17, 15) is 4.79 Å². The lowest BCUT2D eigenvalue weighted by molar-refractivity contribution is 0.0526. The van der Waals surface area contributed by atoms with Crippen LogP contribution in [0.1, 0.15) is 24.2 Å². The lowest BCUT2D eigenvalue weighted by Crippen LogP contribution is -2.07. The second-order valence-corrected chi connectivity index (χ2v) is 3.34. The molecule has 1 aromatic rings. The molecule has 14 heavy (non-hydrogen) atoms. The van der Waals surface area contributed by atoms with Crippen molar-refractivity contribution in [1.82, 2.24) is 9.78 Å². The van der Waals surface area contributed by atoms with Crippen LogP contribution in [-0.4, -0.2) is 22.4 Å². The number of rotatable bonds is 3. The Kier molecular flexibility index (Phi) is 3.51. The van der Waals surface area contributed by atoms with Crippen molar-refractivity contribution in [2.24, 2.45) is 0 Å². The highest BCUT2D eigenvalue weighted by Gasteiger charge is 2.20. The van der Waals surface area contributed by atoms with Crippen LogP contribution in [0.4, 0.5) is 5.82 Å². The van der Waals surface area contributed by atoms with Gasteiger partial charge in [-0.3, -0.25) is 4.68 Å². The summed E-state index contributed by atoms with van der Waals surface area (Å²) in [7, 11) is 0. The number of ether oxygens (including phenoxy) is 1. The third kappa shape index (κ3) is 1.89. The van der Waals surface area contributed by atoms with Gasteiger partial charge in [0.05, 0.1) is 6.61 Å². The molecule has 0 amide bonds. The highest BCUT2D eigenvalue weighted by atomic mass is 79.9. The molecular weight excluding hydrogens is 250 g/mol. The number of esters is 1. The summed E-state index contributed by atoms with van der Waals surface area (Å²) in [5.41, 5.74) is 5.89. The zero-order valence-corrected chi connectivity index (χ0v) is 9.67. The third-order valence-corrected chi connectivity index (χ3v) is 2.50. The topological polar surface area (TPSA) is 70.1 Å². The third-order valence-electron chi connectivity index (χ3n) is 1.70. The molecule has 0 unspecified atom stereocenters. The van der Waals surface area contributed by atoms with Gasteiger partial charge in [0.15, 0.2) is 5.82 Å². The fourth-order valence-electron chi connectivity index (χ4n) is 1.06. The molecule has 6 heteroatoms. The molecular formula is C8H12BrN3O2. The number of aryl methyl sites for hydroxylation is 1. The maximum absolute atomic E-state index is 11.4. The van der Waals surface area contributed by atoms with E-state index in [-0.39, 0.29) is 5.82 Å². The average molecular weight is 262 g/mol. The van der Waals surface area contributed by atoms with Crippen LogP contribution in [0.15, 0.2) is 4.60 Å². The molecule has 2 N–H and O–H groups in total. The van der Waals surface area contributed by atoms with E-state index in [0.717, 1.165) is 0 Å². The standard InChI is InChI=1S/C8H12BrN3O2/c1-3-12-6(9)5(7(10)11-12)8(13)14-4-2/h3-4H2,1-2H3,(H2,10,11). The minimum Gasteiger partial charge on any atom is -0.462 e. The Balaban J connectivity index is 3.07. The number of nitrogen functional groups attached to an aromatic ring is 1. The van der Waals surface area contributed by atoms with E-state index in [4.69, 9.17) is 10.5 Å². The molecule has 0 radical (unpaired) electrons. The number of carbonyl (C=O) groups is 1. The van der Waals surface area contributed by atoms with Crippen LogP contribution >= 0.6 is 15.9 Å². The first-order chi connectivity index (χ1) is 6.61. The number of anilines is 1. The number of aromatic nitrogens is 2. The van der Waals surface area contributed by atoms with Crippen LogP contribution in [0.25, 0.3) is 0 Å². The second kappa shape index (κ2) is 4.45. The number of hydrogen-bond donors (Lipinski definition) is 1. The van der Waals surface area contributed by atoms with Crippen LogP contribution in [0, 0.1) is 0 Å². The Bertz CT molecular complexity index is 349. The molecule has 0 aliphatic rings. The molecule has 0 atom stereocenters. The van der Waals surface area contributed by atoms with Gasteiger partial charge in [-0.25, -0.2) is 4.79 Å². The van der Waals surface area contributed by atoms with Gasteiger partial charge in [0, 0.05) is 6.54 Å². The van der Waals surface area contributed by atoms with Crippen LogP contribution < -0.4 is 5.73 Å². The first kappa shape index (κ1) is 11.0. The summed E-state index contributed by atoms with van der Waals surface area (Å²) in [6.45, 7) is 4.62. The normalized spacial score (nSPS) is 10.2. The van der Waals surface area contributed by atoms with Gasteiger partial charge >= 0.3 is 5.97 Å². The summed E-state index contributed by atoms with van der Waals surface area (Å²) in [5, 5.41) is 3.98. The SMILES string of the molecule is CCOC(=O)c1c(N)nn(CC)c1Br. The maximum Gasteiger partial charge on any atom is 0.344 e. The van der Waals surface area contributed by atoms with Crippen molar-refractivity contribution in [2.75, 3.05) is 12.3 Å². The van der Waals surface area contributed by atoms with Gasteiger partial charge in [-0.2, -0.15) is 5.10 Å². The molecule has 0 saturated heterocycles. The van der Waals surface area contributed by atoms with E-state index in [0.29, 0.717) is 23.3 Å². The maximum atomic E-state index is 11.4. The summed E-state index contributed by atoms with van der Waals surface area (Å²) < 4.78 is 7.01. The summed E-state index contributed by atoms with van der Waals surface area (Å²) in [4.78, 5) is 11.4. The quantitative estimate of drug-likeness (QED) is 0.836. The van der Waals surface area contributed by atoms with Crippen LogP contribution in [0.2, 0.25) is 0 Å². The molecule has 0 aliphatic carbocycles. The molecule has 0 bridgehead atoms. The highest BCUT2D eigenvalue weighted by Crippen LogP contribution is 2.23. The van der Waals surface area contributed by atoms with Crippen molar-refractivity contribution >= 4 is 27.7 Å². The van der Waals surface area contributed by atoms with Gasteiger partial charge in [-0.1, -0.05) is 0 Å². The van der Waals surface area contributed by atoms with Crippen LogP contribution in [-0.2, 0) is 11.3 Å². The van der Waals surface area contributed by atoms with E-state index in [1.54, 1.807) is 11.6 Å². The zero-order valence-electron chi connectivity index (χ0n) is 8.08. The van der Waals surface area contributed by atoms with Crippen LogP contribution in [0.5, 0.6) is 0 Å². The van der Waals surface area contributed by atoms with Crippen LogP contribution in [0.3, 0.4) is 0 Å². The Morgan fingerprint density at radius 3 is 2.71 bits per heavy atom. The van der Waals surface area contributed by atoms with Gasteiger partial charge in [-0.05, 0) is 29.8 Å². The van der Waals surface area contributed by atoms with Gasteiger partial charge in [0.1, 0.15) is 10.2 Å². The Morgan fingerprint density at radius 2 is 2.29 bits per heavy atom. The van der Waals surface area contributed by atoms with E-state index in [1.165, 1.54) is 0 Å². The Labute approximate surface area is 90.3 Å².